The number of rotatable bonds is 10. The van der Waals surface area contributed by atoms with E-state index in [-0.39, 0.29) is 11.9 Å². The third-order valence-corrected chi connectivity index (χ3v) is 9.70. The van der Waals surface area contributed by atoms with Crippen LogP contribution in [0.5, 0.6) is 5.75 Å². The van der Waals surface area contributed by atoms with Gasteiger partial charge in [0.05, 0.1) is 41.6 Å². The SMILES string of the molecule is C=CC(=O)Nc1cc(Nc2cc(-c3ccc4c(cnn4C(C)C)c3)ncn2)c(OC)cc1N(C)C1CCN(C2CCN(C)CC2)CC1. The van der Waals surface area contributed by atoms with Crippen molar-refractivity contribution in [1.29, 1.82) is 0 Å². The molecule has 0 bridgehead atoms. The van der Waals surface area contributed by atoms with Gasteiger partial charge in [0.15, 0.2) is 0 Å². The molecule has 0 aliphatic carbocycles. The number of fused-ring (bicyclic) bond motifs is 1. The van der Waals surface area contributed by atoms with Gasteiger partial charge in [-0.1, -0.05) is 12.6 Å². The number of carbonyl (C=O) groups is 1. The molecule has 6 rings (SSSR count). The van der Waals surface area contributed by atoms with E-state index in [4.69, 9.17) is 4.74 Å². The molecule has 2 aromatic carbocycles. The molecular formula is C36H47N9O2. The lowest BCUT2D eigenvalue weighted by Crippen LogP contribution is -2.50. The number of aromatic nitrogens is 4. The van der Waals surface area contributed by atoms with Crippen LogP contribution in [0.2, 0.25) is 0 Å². The van der Waals surface area contributed by atoms with Crippen molar-refractivity contribution < 1.29 is 9.53 Å². The molecule has 0 spiro atoms. The molecule has 11 heteroatoms. The average molecular weight is 638 g/mol. The second-order valence-electron chi connectivity index (χ2n) is 13.0. The van der Waals surface area contributed by atoms with Crippen molar-refractivity contribution in [2.24, 2.45) is 0 Å². The van der Waals surface area contributed by atoms with Gasteiger partial charge in [-0.2, -0.15) is 5.10 Å². The second kappa shape index (κ2) is 14.1. The maximum absolute atomic E-state index is 12.6. The van der Waals surface area contributed by atoms with Crippen LogP contribution in [0.3, 0.4) is 0 Å². The number of piperidine rings is 2. The quantitative estimate of drug-likeness (QED) is 0.204. The van der Waals surface area contributed by atoms with Gasteiger partial charge in [0.2, 0.25) is 5.91 Å². The highest BCUT2D eigenvalue weighted by Gasteiger charge is 2.30. The standard InChI is InChI=1S/C36H47N9O2/c1-7-36(46)41-30-19-31(40-35-20-29(37-23-38-35)25-8-9-32-26(18-25)22-39-45(32)24(2)3)34(47-6)21-33(30)43(5)27-12-16-44(17-13-27)28-10-14-42(4)15-11-28/h7-9,18-24,27-28H,1,10-17H2,2-6H3,(H,41,46)(H,37,38,40). The molecule has 0 radical (unpaired) electrons. The molecule has 0 atom stereocenters. The number of hydrogen-bond acceptors (Lipinski definition) is 9. The van der Waals surface area contributed by atoms with Crippen LogP contribution in [0.4, 0.5) is 22.9 Å². The minimum atomic E-state index is -0.270. The van der Waals surface area contributed by atoms with E-state index < -0.39 is 0 Å². The number of anilines is 4. The molecule has 2 saturated heterocycles. The van der Waals surface area contributed by atoms with Gasteiger partial charge < -0.3 is 30.1 Å². The molecule has 2 aromatic heterocycles. The lowest BCUT2D eigenvalue weighted by atomic mass is 9.97. The van der Waals surface area contributed by atoms with Gasteiger partial charge in [-0.15, -0.1) is 0 Å². The Bertz CT molecular complexity index is 1720. The smallest absolute Gasteiger partial charge is 0.247 e. The first kappa shape index (κ1) is 32.5. The van der Waals surface area contributed by atoms with Crippen molar-refractivity contribution >= 4 is 39.7 Å². The summed E-state index contributed by atoms with van der Waals surface area (Å²) < 4.78 is 7.90. The van der Waals surface area contributed by atoms with E-state index in [0.29, 0.717) is 35.0 Å². The molecule has 4 aromatic rings. The first-order valence-corrected chi connectivity index (χ1v) is 16.6. The van der Waals surface area contributed by atoms with Gasteiger partial charge in [-0.3, -0.25) is 9.48 Å². The third kappa shape index (κ3) is 7.11. The van der Waals surface area contributed by atoms with Gasteiger partial charge >= 0.3 is 0 Å². The molecular weight excluding hydrogens is 590 g/mol. The van der Waals surface area contributed by atoms with E-state index in [2.05, 4.69) is 93.1 Å². The van der Waals surface area contributed by atoms with Gasteiger partial charge in [-0.05, 0) is 83.9 Å². The van der Waals surface area contributed by atoms with Crippen LogP contribution in [0.25, 0.3) is 22.2 Å². The highest BCUT2D eigenvalue weighted by molar-refractivity contribution is 6.02. The summed E-state index contributed by atoms with van der Waals surface area (Å²) in [5, 5.41) is 12.1. The van der Waals surface area contributed by atoms with Crippen LogP contribution in [0.15, 0.2) is 61.6 Å². The fourth-order valence-corrected chi connectivity index (χ4v) is 6.95. The molecule has 0 unspecified atom stereocenters. The topological polar surface area (TPSA) is 104 Å². The van der Waals surface area contributed by atoms with Crippen molar-refractivity contribution in [2.75, 3.05) is 62.9 Å². The molecule has 4 heterocycles. The number of likely N-dealkylation sites (tertiary alicyclic amines) is 2. The van der Waals surface area contributed by atoms with Gasteiger partial charge in [0.25, 0.3) is 0 Å². The fourth-order valence-electron chi connectivity index (χ4n) is 6.95. The number of ether oxygens (including phenoxy) is 1. The lowest BCUT2D eigenvalue weighted by molar-refractivity contribution is -0.111. The van der Waals surface area contributed by atoms with E-state index in [1.165, 1.54) is 32.0 Å². The van der Waals surface area contributed by atoms with E-state index in [1.54, 1.807) is 13.4 Å². The summed E-state index contributed by atoms with van der Waals surface area (Å²) in [6.45, 7) is 12.4. The Kier molecular flexibility index (Phi) is 9.74. The van der Waals surface area contributed by atoms with E-state index >= 15 is 0 Å². The predicted molar refractivity (Wildman–Crippen MR) is 190 cm³/mol. The predicted octanol–water partition coefficient (Wildman–Crippen LogP) is 5.95. The Morgan fingerprint density at radius 1 is 1.04 bits per heavy atom. The first-order valence-electron chi connectivity index (χ1n) is 16.6. The normalized spacial score (nSPS) is 16.8. The monoisotopic (exact) mass is 637 g/mol. The van der Waals surface area contributed by atoms with Crippen molar-refractivity contribution in [1.82, 2.24) is 29.5 Å². The zero-order valence-corrected chi connectivity index (χ0v) is 28.2. The summed E-state index contributed by atoms with van der Waals surface area (Å²) in [5.41, 5.74) is 5.10. The summed E-state index contributed by atoms with van der Waals surface area (Å²) in [4.78, 5) is 29.0. The van der Waals surface area contributed by atoms with Gasteiger partial charge in [0, 0.05) is 61.3 Å². The summed E-state index contributed by atoms with van der Waals surface area (Å²) >= 11 is 0. The summed E-state index contributed by atoms with van der Waals surface area (Å²) in [5.74, 6) is 0.984. The van der Waals surface area contributed by atoms with E-state index in [9.17, 15) is 4.79 Å². The largest absolute Gasteiger partial charge is 0.494 e. The molecule has 1 amide bonds. The molecule has 2 aliphatic heterocycles. The zero-order valence-electron chi connectivity index (χ0n) is 28.2. The van der Waals surface area contributed by atoms with E-state index in [0.717, 1.165) is 53.8 Å². The number of hydrogen-bond donors (Lipinski definition) is 2. The maximum atomic E-state index is 12.6. The summed E-state index contributed by atoms with van der Waals surface area (Å²) in [6, 6.07) is 13.3. The summed E-state index contributed by atoms with van der Waals surface area (Å²) in [7, 11) is 5.98. The molecule has 11 nitrogen and oxygen atoms in total. The Morgan fingerprint density at radius 3 is 2.51 bits per heavy atom. The fraction of sp³-hybridized carbons (Fsp3) is 0.444. The molecule has 2 aliphatic rings. The Balaban J connectivity index is 1.23. The van der Waals surface area contributed by atoms with Gasteiger partial charge in [0.1, 0.15) is 17.9 Å². The second-order valence-corrected chi connectivity index (χ2v) is 13.0. The molecule has 47 heavy (non-hydrogen) atoms. The Hall–Kier alpha value is -4.48. The van der Waals surface area contributed by atoms with Crippen LogP contribution in [-0.2, 0) is 4.79 Å². The average Bonchev–Trinajstić information content (AvgIpc) is 3.52. The van der Waals surface area contributed by atoms with Crippen molar-refractivity contribution in [3.63, 3.8) is 0 Å². The van der Waals surface area contributed by atoms with Gasteiger partial charge in [-0.25, -0.2) is 9.97 Å². The number of carbonyl (C=O) groups excluding carboxylic acids is 1. The van der Waals surface area contributed by atoms with Crippen LogP contribution in [0, 0.1) is 0 Å². The summed E-state index contributed by atoms with van der Waals surface area (Å²) in [6.07, 6.45) is 9.34. The number of benzene rings is 2. The van der Waals surface area contributed by atoms with Crippen molar-refractivity contribution in [3.8, 4) is 17.0 Å². The van der Waals surface area contributed by atoms with E-state index in [1.807, 2.05) is 29.1 Å². The molecule has 248 valence electrons. The third-order valence-electron chi connectivity index (χ3n) is 9.70. The number of amides is 1. The van der Waals surface area contributed by atoms with Crippen LogP contribution < -0.4 is 20.3 Å². The number of nitrogens with one attached hydrogen (secondary N) is 2. The molecule has 2 N–H and O–H groups in total. The zero-order chi connectivity index (χ0) is 33.1. The minimum absolute atomic E-state index is 0.270. The molecule has 0 saturated carbocycles. The van der Waals surface area contributed by atoms with Crippen LogP contribution in [-0.4, -0.2) is 94.9 Å². The Morgan fingerprint density at radius 2 is 1.81 bits per heavy atom. The molecule has 2 fully saturated rings. The maximum Gasteiger partial charge on any atom is 0.247 e. The highest BCUT2D eigenvalue weighted by Crippen LogP contribution is 2.40. The van der Waals surface area contributed by atoms with Crippen molar-refractivity contribution in [3.05, 3.63) is 61.6 Å². The van der Waals surface area contributed by atoms with Crippen LogP contribution >= 0.6 is 0 Å². The van der Waals surface area contributed by atoms with Crippen LogP contribution in [0.1, 0.15) is 45.6 Å². The highest BCUT2D eigenvalue weighted by atomic mass is 16.5. The van der Waals surface area contributed by atoms with Crippen molar-refractivity contribution in [2.45, 2.75) is 57.7 Å². The minimum Gasteiger partial charge on any atom is -0.494 e. The lowest BCUT2D eigenvalue weighted by Gasteiger charge is -2.43. The first-order chi connectivity index (χ1) is 22.7. The Labute approximate surface area is 277 Å². The number of nitrogens with zero attached hydrogens (tertiary/aromatic N) is 7. The number of methoxy groups -OCH3 is 1.